The van der Waals surface area contributed by atoms with E-state index >= 15 is 0 Å². The van der Waals surface area contributed by atoms with Gasteiger partial charge in [0.15, 0.2) is 0 Å². The topological polar surface area (TPSA) is 98.2 Å². The van der Waals surface area contributed by atoms with Gasteiger partial charge in [0, 0.05) is 33.6 Å². The van der Waals surface area contributed by atoms with Crippen LogP contribution in [0.25, 0.3) is 44.5 Å². The highest BCUT2D eigenvalue weighted by Crippen LogP contribution is 2.35. The van der Waals surface area contributed by atoms with Gasteiger partial charge in [0.05, 0.1) is 23.0 Å². The standard InChI is InChI=1S/C23H14ClN5O/c1-12-6-15(10-20(24)26-12)17-8-14-3-5-21(30)28-23(14)29-22(17)19-9-16-7-13(11-25)2-4-18(16)27-19/h2-10,27H,1H3,(H,28,29,30). The second-order valence-electron chi connectivity index (χ2n) is 7.06. The van der Waals surface area contributed by atoms with Crippen LogP contribution in [0.15, 0.2) is 59.4 Å². The molecule has 0 aliphatic rings. The zero-order valence-corrected chi connectivity index (χ0v) is 16.6. The molecule has 4 heterocycles. The van der Waals surface area contributed by atoms with Crippen molar-refractivity contribution in [1.82, 2.24) is 19.9 Å². The zero-order chi connectivity index (χ0) is 20.8. The fourth-order valence-corrected chi connectivity index (χ4v) is 3.87. The Labute approximate surface area is 175 Å². The number of halogens is 1. The van der Waals surface area contributed by atoms with Crippen molar-refractivity contribution >= 4 is 33.5 Å². The molecule has 0 saturated heterocycles. The molecule has 4 aromatic heterocycles. The Bertz CT molecular complexity index is 1540. The number of aryl methyl sites for hydroxylation is 1. The van der Waals surface area contributed by atoms with Crippen molar-refractivity contribution in [1.29, 1.82) is 5.26 Å². The van der Waals surface area contributed by atoms with Gasteiger partial charge >= 0.3 is 0 Å². The Morgan fingerprint density at radius 3 is 2.63 bits per heavy atom. The van der Waals surface area contributed by atoms with Crippen molar-refractivity contribution in [3.05, 3.63) is 81.4 Å². The van der Waals surface area contributed by atoms with Crippen molar-refractivity contribution < 1.29 is 0 Å². The molecule has 0 aliphatic heterocycles. The summed E-state index contributed by atoms with van der Waals surface area (Å²) in [5.74, 6) is 0. The third-order valence-electron chi connectivity index (χ3n) is 4.95. The molecular formula is C23H14ClN5O. The van der Waals surface area contributed by atoms with Crippen LogP contribution in [0.4, 0.5) is 0 Å². The Balaban J connectivity index is 1.83. The average molecular weight is 412 g/mol. The Morgan fingerprint density at radius 2 is 1.83 bits per heavy atom. The minimum Gasteiger partial charge on any atom is -0.353 e. The largest absolute Gasteiger partial charge is 0.353 e. The van der Waals surface area contributed by atoms with Gasteiger partial charge in [-0.2, -0.15) is 5.26 Å². The molecule has 1 aromatic carbocycles. The van der Waals surface area contributed by atoms with E-state index in [9.17, 15) is 10.1 Å². The first-order valence-electron chi connectivity index (χ1n) is 9.22. The molecule has 144 valence electrons. The lowest BCUT2D eigenvalue weighted by molar-refractivity contribution is 1.20. The molecule has 0 spiro atoms. The van der Waals surface area contributed by atoms with E-state index in [4.69, 9.17) is 16.6 Å². The first-order valence-corrected chi connectivity index (χ1v) is 9.60. The number of nitrogens with zero attached hydrogens (tertiary/aromatic N) is 3. The van der Waals surface area contributed by atoms with Gasteiger partial charge in [0.2, 0.25) is 5.56 Å². The van der Waals surface area contributed by atoms with E-state index in [-0.39, 0.29) is 5.56 Å². The van der Waals surface area contributed by atoms with Crippen LogP contribution < -0.4 is 5.56 Å². The van der Waals surface area contributed by atoms with Gasteiger partial charge in [0.25, 0.3) is 0 Å². The second kappa shape index (κ2) is 6.83. The van der Waals surface area contributed by atoms with E-state index in [1.54, 1.807) is 18.2 Å². The number of hydrogen-bond acceptors (Lipinski definition) is 4. The van der Waals surface area contributed by atoms with Crippen molar-refractivity contribution in [2.45, 2.75) is 6.92 Å². The normalized spacial score (nSPS) is 11.1. The van der Waals surface area contributed by atoms with Crippen LogP contribution >= 0.6 is 11.6 Å². The van der Waals surface area contributed by atoms with Gasteiger partial charge in [-0.1, -0.05) is 11.6 Å². The quantitative estimate of drug-likeness (QED) is 0.401. The maximum absolute atomic E-state index is 11.8. The molecule has 30 heavy (non-hydrogen) atoms. The number of nitrogens with one attached hydrogen (secondary N) is 2. The molecule has 2 N–H and O–H groups in total. The summed E-state index contributed by atoms with van der Waals surface area (Å²) in [4.78, 5) is 27.0. The molecule has 7 heteroatoms. The van der Waals surface area contributed by atoms with Gasteiger partial charge in [-0.25, -0.2) is 9.97 Å². The van der Waals surface area contributed by atoms with E-state index in [0.29, 0.717) is 22.1 Å². The highest BCUT2D eigenvalue weighted by Gasteiger charge is 2.15. The Morgan fingerprint density at radius 1 is 0.967 bits per heavy atom. The van der Waals surface area contributed by atoms with Crippen LogP contribution in [-0.4, -0.2) is 19.9 Å². The summed E-state index contributed by atoms with van der Waals surface area (Å²) >= 11 is 6.22. The first-order chi connectivity index (χ1) is 14.5. The van der Waals surface area contributed by atoms with E-state index < -0.39 is 0 Å². The lowest BCUT2D eigenvalue weighted by Gasteiger charge is -2.11. The monoisotopic (exact) mass is 411 g/mol. The molecule has 0 bridgehead atoms. The molecule has 6 nitrogen and oxygen atoms in total. The van der Waals surface area contributed by atoms with Crippen molar-refractivity contribution in [2.75, 3.05) is 0 Å². The van der Waals surface area contributed by atoms with Gasteiger partial charge in [-0.3, -0.25) is 4.79 Å². The lowest BCUT2D eigenvalue weighted by Crippen LogP contribution is -2.04. The number of nitriles is 1. The second-order valence-corrected chi connectivity index (χ2v) is 7.45. The third-order valence-corrected chi connectivity index (χ3v) is 5.14. The van der Waals surface area contributed by atoms with Crippen LogP contribution in [0.1, 0.15) is 11.3 Å². The molecule has 0 aliphatic carbocycles. The molecule has 0 saturated carbocycles. The fraction of sp³-hybridized carbons (Fsp3) is 0.0435. The zero-order valence-electron chi connectivity index (χ0n) is 15.8. The molecule has 0 radical (unpaired) electrons. The number of H-pyrrole nitrogens is 2. The van der Waals surface area contributed by atoms with Crippen molar-refractivity contribution in [2.24, 2.45) is 0 Å². The minimum absolute atomic E-state index is 0.216. The van der Waals surface area contributed by atoms with Crippen LogP contribution in [0.5, 0.6) is 0 Å². The molecule has 0 unspecified atom stereocenters. The summed E-state index contributed by atoms with van der Waals surface area (Å²) in [6.45, 7) is 1.88. The number of rotatable bonds is 2. The summed E-state index contributed by atoms with van der Waals surface area (Å²) in [5, 5.41) is 11.3. The summed E-state index contributed by atoms with van der Waals surface area (Å²) in [6.07, 6.45) is 0. The smallest absolute Gasteiger partial charge is 0.249 e. The molecule has 5 rings (SSSR count). The minimum atomic E-state index is -0.216. The Hall–Kier alpha value is -3.95. The summed E-state index contributed by atoms with van der Waals surface area (Å²) in [6, 6.07) is 18.5. The highest BCUT2D eigenvalue weighted by molar-refractivity contribution is 6.29. The molecule has 5 aromatic rings. The van der Waals surface area contributed by atoms with Crippen LogP contribution in [-0.2, 0) is 0 Å². The summed E-state index contributed by atoms with van der Waals surface area (Å²) in [7, 11) is 0. The lowest BCUT2D eigenvalue weighted by atomic mass is 10.0. The fourth-order valence-electron chi connectivity index (χ4n) is 3.62. The predicted molar refractivity (Wildman–Crippen MR) is 117 cm³/mol. The van der Waals surface area contributed by atoms with E-state index in [1.807, 2.05) is 37.3 Å². The molecular weight excluding hydrogens is 398 g/mol. The van der Waals surface area contributed by atoms with E-state index in [1.165, 1.54) is 6.07 Å². The van der Waals surface area contributed by atoms with Crippen LogP contribution in [0.3, 0.4) is 0 Å². The summed E-state index contributed by atoms with van der Waals surface area (Å²) in [5.41, 5.74) is 5.71. The number of hydrogen-bond donors (Lipinski definition) is 2. The number of aromatic nitrogens is 4. The van der Waals surface area contributed by atoms with Crippen molar-refractivity contribution in [3.8, 4) is 28.6 Å². The predicted octanol–water partition coefficient (Wildman–Crippen LogP) is 4.97. The van der Waals surface area contributed by atoms with Gasteiger partial charge in [0.1, 0.15) is 10.8 Å². The number of pyridine rings is 3. The molecule has 0 amide bonds. The third kappa shape index (κ3) is 3.11. The maximum Gasteiger partial charge on any atom is 0.249 e. The number of aromatic amines is 2. The molecule has 0 fully saturated rings. The SMILES string of the molecule is Cc1cc(-c2cc3ccc(=O)[nH]c3nc2-c2cc3cc(C#N)ccc3[nH]2)cc(Cl)n1. The van der Waals surface area contributed by atoms with E-state index in [2.05, 4.69) is 21.0 Å². The van der Waals surface area contributed by atoms with Gasteiger partial charge in [-0.15, -0.1) is 0 Å². The highest BCUT2D eigenvalue weighted by atomic mass is 35.5. The average Bonchev–Trinajstić information content (AvgIpc) is 3.15. The van der Waals surface area contributed by atoms with Crippen molar-refractivity contribution in [3.63, 3.8) is 0 Å². The Kier molecular flexibility index (Phi) is 4.12. The first kappa shape index (κ1) is 18.1. The molecule has 0 atom stereocenters. The summed E-state index contributed by atoms with van der Waals surface area (Å²) < 4.78 is 0. The van der Waals surface area contributed by atoms with Gasteiger partial charge < -0.3 is 9.97 Å². The van der Waals surface area contributed by atoms with Crippen LogP contribution in [0, 0.1) is 18.3 Å². The number of fused-ring (bicyclic) bond motifs is 2. The maximum atomic E-state index is 11.8. The van der Waals surface area contributed by atoms with Gasteiger partial charge in [-0.05, 0) is 61.0 Å². The number of benzene rings is 1. The van der Waals surface area contributed by atoms with E-state index in [0.717, 1.165) is 38.8 Å². The van der Waals surface area contributed by atoms with Crippen LogP contribution in [0.2, 0.25) is 5.15 Å².